The third-order valence-corrected chi connectivity index (χ3v) is 4.49. The molecule has 0 saturated carbocycles. The number of aryl methyl sites for hydroxylation is 1. The van der Waals surface area contributed by atoms with Crippen molar-refractivity contribution in [1.82, 2.24) is 5.32 Å². The number of carboxylic acid groups (broad SMARTS) is 1. The summed E-state index contributed by atoms with van der Waals surface area (Å²) in [6.07, 6.45) is 0.365. The molecule has 2 unspecified atom stereocenters. The Kier molecular flexibility index (Phi) is 4.25. The van der Waals surface area contributed by atoms with E-state index in [1.54, 1.807) is 19.2 Å². The van der Waals surface area contributed by atoms with E-state index < -0.39 is 11.9 Å². The Labute approximate surface area is 140 Å². The number of amides is 1. The average molecular weight is 325 g/mol. The SMILES string of the molecule is COc1cc(C(=O)NC2CC(C(=O)O)c3ccccc32)ccc1C. The maximum Gasteiger partial charge on any atom is 0.311 e. The minimum absolute atomic E-state index is 0.237. The van der Waals surface area contributed by atoms with Gasteiger partial charge in [-0.05, 0) is 42.2 Å². The molecule has 0 heterocycles. The molecule has 1 amide bonds. The van der Waals surface area contributed by atoms with E-state index >= 15 is 0 Å². The number of benzene rings is 2. The maximum atomic E-state index is 12.6. The molecule has 0 aromatic heterocycles. The minimum Gasteiger partial charge on any atom is -0.496 e. The number of carbonyl (C=O) groups is 2. The Morgan fingerprint density at radius 3 is 2.54 bits per heavy atom. The summed E-state index contributed by atoms with van der Waals surface area (Å²) < 4.78 is 5.25. The topological polar surface area (TPSA) is 75.6 Å². The van der Waals surface area contributed by atoms with Crippen molar-refractivity contribution in [2.75, 3.05) is 7.11 Å². The van der Waals surface area contributed by atoms with Crippen LogP contribution in [-0.4, -0.2) is 24.1 Å². The van der Waals surface area contributed by atoms with Crippen LogP contribution in [0.5, 0.6) is 5.75 Å². The van der Waals surface area contributed by atoms with E-state index in [1.165, 1.54) is 0 Å². The van der Waals surface area contributed by atoms with E-state index in [0.717, 1.165) is 16.7 Å². The number of methoxy groups -OCH3 is 1. The molecule has 2 N–H and O–H groups in total. The molecule has 24 heavy (non-hydrogen) atoms. The van der Waals surface area contributed by atoms with Crippen LogP contribution < -0.4 is 10.1 Å². The number of hydrogen-bond donors (Lipinski definition) is 2. The zero-order valence-electron chi connectivity index (χ0n) is 13.6. The number of hydrogen-bond acceptors (Lipinski definition) is 3. The normalized spacial score (nSPS) is 18.8. The van der Waals surface area contributed by atoms with Gasteiger partial charge in [0.05, 0.1) is 19.1 Å². The number of carbonyl (C=O) groups excluding carboxylic acids is 1. The molecular formula is C19H19NO4. The Bertz CT molecular complexity index is 800. The Hall–Kier alpha value is -2.82. The van der Waals surface area contributed by atoms with Crippen LogP contribution in [0.25, 0.3) is 0 Å². The van der Waals surface area contributed by atoms with Crippen LogP contribution >= 0.6 is 0 Å². The maximum absolute atomic E-state index is 12.6. The molecule has 2 atom stereocenters. The van der Waals surface area contributed by atoms with Gasteiger partial charge in [0.15, 0.2) is 0 Å². The lowest BCUT2D eigenvalue weighted by Gasteiger charge is -2.15. The van der Waals surface area contributed by atoms with Crippen molar-refractivity contribution in [2.45, 2.75) is 25.3 Å². The smallest absolute Gasteiger partial charge is 0.311 e. The van der Waals surface area contributed by atoms with E-state index in [1.807, 2.05) is 37.3 Å². The van der Waals surface area contributed by atoms with Gasteiger partial charge >= 0.3 is 5.97 Å². The van der Waals surface area contributed by atoms with Gasteiger partial charge in [-0.15, -0.1) is 0 Å². The van der Waals surface area contributed by atoms with E-state index in [-0.39, 0.29) is 11.9 Å². The van der Waals surface area contributed by atoms with Crippen LogP contribution in [0, 0.1) is 6.92 Å². The van der Waals surface area contributed by atoms with Crippen LogP contribution in [0.3, 0.4) is 0 Å². The molecule has 0 aliphatic heterocycles. The number of ether oxygens (including phenoxy) is 1. The number of fused-ring (bicyclic) bond motifs is 1. The van der Waals surface area contributed by atoms with E-state index in [0.29, 0.717) is 17.7 Å². The molecule has 0 spiro atoms. The first kappa shape index (κ1) is 16.1. The van der Waals surface area contributed by atoms with Gasteiger partial charge in [-0.25, -0.2) is 0 Å². The molecule has 0 radical (unpaired) electrons. The van der Waals surface area contributed by atoms with E-state index in [4.69, 9.17) is 4.74 Å². The van der Waals surface area contributed by atoms with Gasteiger partial charge < -0.3 is 15.2 Å². The molecule has 2 aromatic rings. The summed E-state index contributed by atoms with van der Waals surface area (Å²) in [5.41, 5.74) is 3.09. The molecule has 124 valence electrons. The number of carboxylic acids is 1. The average Bonchev–Trinajstić information content (AvgIpc) is 2.94. The van der Waals surface area contributed by atoms with E-state index in [2.05, 4.69) is 5.32 Å². The summed E-state index contributed by atoms with van der Waals surface area (Å²) in [4.78, 5) is 24.0. The first-order chi connectivity index (χ1) is 11.5. The van der Waals surface area contributed by atoms with Crippen molar-refractivity contribution >= 4 is 11.9 Å². The van der Waals surface area contributed by atoms with Crippen LogP contribution in [0.4, 0.5) is 0 Å². The Morgan fingerprint density at radius 2 is 1.88 bits per heavy atom. The fraction of sp³-hybridized carbons (Fsp3) is 0.263. The number of rotatable bonds is 4. The lowest BCUT2D eigenvalue weighted by Crippen LogP contribution is -2.27. The zero-order chi connectivity index (χ0) is 17.3. The molecule has 1 aliphatic carbocycles. The van der Waals surface area contributed by atoms with Gasteiger partial charge in [-0.2, -0.15) is 0 Å². The van der Waals surface area contributed by atoms with Gasteiger partial charge in [0.25, 0.3) is 5.91 Å². The van der Waals surface area contributed by atoms with Crippen molar-refractivity contribution in [3.05, 3.63) is 64.7 Å². The summed E-state index contributed by atoms with van der Waals surface area (Å²) in [7, 11) is 1.56. The first-order valence-electron chi connectivity index (χ1n) is 7.78. The molecule has 5 heteroatoms. The van der Waals surface area contributed by atoms with Crippen molar-refractivity contribution in [3.8, 4) is 5.75 Å². The highest BCUT2D eigenvalue weighted by Gasteiger charge is 2.35. The van der Waals surface area contributed by atoms with Crippen molar-refractivity contribution in [1.29, 1.82) is 0 Å². The highest BCUT2D eigenvalue weighted by molar-refractivity contribution is 5.95. The minimum atomic E-state index is -0.865. The third-order valence-electron chi connectivity index (χ3n) is 4.49. The Balaban J connectivity index is 1.84. The largest absolute Gasteiger partial charge is 0.496 e. The van der Waals surface area contributed by atoms with Crippen molar-refractivity contribution in [3.63, 3.8) is 0 Å². The van der Waals surface area contributed by atoms with Crippen LogP contribution in [0.1, 0.15) is 45.4 Å². The second kappa shape index (κ2) is 6.35. The fourth-order valence-electron chi connectivity index (χ4n) is 3.21. The number of nitrogens with one attached hydrogen (secondary N) is 1. The highest BCUT2D eigenvalue weighted by atomic mass is 16.5. The first-order valence-corrected chi connectivity index (χ1v) is 7.78. The second-order valence-corrected chi connectivity index (χ2v) is 5.97. The molecule has 0 saturated heterocycles. The monoisotopic (exact) mass is 325 g/mol. The zero-order valence-corrected chi connectivity index (χ0v) is 13.6. The second-order valence-electron chi connectivity index (χ2n) is 5.97. The molecular weight excluding hydrogens is 306 g/mol. The van der Waals surface area contributed by atoms with Crippen LogP contribution in [0.15, 0.2) is 42.5 Å². The van der Waals surface area contributed by atoms with E-state index in [9.17, 15) is 14.7 Å². The fourth-order valence-corrected chi connectivity index (χ4v) is 3.21. The summed E-state index contributed by atoms with van der Waals surface area (Å²) >= 11 is 0. The van der Waals surface area contributed by atoms with Gasteiger partial charge in [0.1, 0.15) is 5.75 Å². The van der Waals surface area contributed by atoms with Crippen molar-refractivity contribution < 1.29 is 19.4 Å². The Morgan fingerprint density at radius 1 is 1.17 bits per heavy atom. The molecule has 1 aliphatic rings. The quantitative estimate of drug-likeness (QED) is 0.906. The van der Waals surface area contributed by atoms with Crippen molar-refractivity contribution in [2.24, 2.45) is 0 Å². The number of aliphatic carboxylic acids is 1. The lowest BCUT2D eigenvalue weighted by molar-refractivity contribution is -0.138. The van der Waals surface area contributed by atoms with Gasteiger partial charge in [0, 0.05) is 5.56 Å². The predicted octanol–water partition coefficient (Wildman–Crippen LogP) is 3.05. The molecule has 3 rings (SSSR count). The molecule has 2 aromatic carbocycles. The predicted molar refractivity (Wildman–Crippen MR) is 89.4 cm³/mol. The standard InChI is InChI=1S/C19H19NO4/c1-11-7-8-12(9-17(11)24-2)18(21)20-16-10-15(19(22)23)13-5-3-4-6-14(13)16/h3-9,15-16H,10H2,1-2H3,(H,20,21)(H,22,23). The van der Waals surface area contributed by atoms with Gasteiger partial charge in [-0.1, -0.05) is 30.3 Å². The van der Waals surface area contributed by atoms with Crippen LogP contribution in [0.2, 0.25) is 0 Å². The molecule has 0 bridgehead atoms. The van der Waals surface area contributed by atoms with Gasteiger partial charge in [-0.3, -0.25) is 9.59 Å². The van der Waals surface area contributed by atoms with Crippen LogP contribution in [-0.2, 0) is 4.79 Å². The summed E-state index contributed by atoms with van der Waals surface area (Å²) in [6, 6.07) is 12.3. The summed E-state index contributed by atoms with van der Waals surface area (Å²) in [5, 5.41) is 12.3. The lowest BCUT2D eigenvalue weighted by atomic mass is 10.0. The highest BCUT2D eigenvalue weighted by Crippen LogP contribution is 2.40. The third kappa shape index (κ3) is 2.85. The van der Waals surface area contributed by atoms with Gasteiger partial charge in [0.2, 0.25) is 0 Å². The molecule has 5 nitrogen and oxygen atoms in total. The molecule has 0 fully saturated rings. The summed E-state index contributed by atoms with van der Waals surface area (Å²) in [5.74, 6) is -1.03. The summed E-state index contributed by atoms with van der Waals surface area (Å²) in [6.45, 7) is 1.91.